The van der Waals surface area contributed by atoms with Gasteiger partial charge in [0.2, 0.25) is 0 Å². The summed E-state index contributed by atoms with van der Waals surface area (Å²) in [6.45, 7) is -0.530. The van der Waals surface area contributed by atoms with Gasteiger partial charge in [-0.15, -0.1) is 0 Å². The Balaban J connectivity index is 1.89. The molecular formula is C23H22Cl2FN5O4. The van der Waals surface area contributed by atoms with E-state index in [9.17, 15) is 18.8 Å². The van der Waals surface area contributed by atoms with Crippen LogP contribution in [-0.4, -0.2) is 40.6 Å². The third kappa shape index (κ3) is 6.65. The molecule has 0 bridgehead atoms. The van der Waals surface area contributed by atoms with E-state index in [1.165, 1.54) is 36.4 Å². The highest BCUT2D eigenvalue weighted by molar-refractivity contribution is 6.35. The molecule has 4 N–H and O–H groups in total. The number of carbonyl (C=O) groups excluding carboxylic acids is 2. The van der Waals surface area contributed by atoms with Crippen LogP contribution in [0.2, 0.25) is 10.0 Å². The standard InChI is InChI=1S/C23H22Cl2FN5O4/c1-35-17-6-4-16(5-7-17)29-13-30(11-14-9-18(24)20(26)19(25)10-14)23(34)31(22(27)33)12-15-3-2-8-28-21(15)32/h2-10,29H,11-13H2,1H3,(H2,27,33)(H,28,32). The third-order valence-electron chi connectivity index (χ3n) is 4.98. The first-order valence-corrected chi connectivity index (χ1v) is 11.0. The van der Waals surface area contributed by atoms with E-state index in [0.717, 1.165) is 4.90 Å². The average molecular weight is 522 g/mol. The lowest BCUT2D eigenvalue weighted by atomic mass is 10.2. The predicted octanol–water partition coefficient (Wildman–Crippen LogP) is 4.40. The molecule has 3 aromatic rings. The maximum absolute atomic E-state index is 13.9. The summed E-state index contributed by atoms with van der Waals surface area (Å²) in [5.41, 5.74) is 6.24. The van der Waals surface area contributed by atoms with Crippen LogP contribution in [0.1, 0.15) is 11.1 Å². The molecule has 3 rings (SSSR count). The summed E-state index contributed by atoms with van der Waals surface area (Å²) < 4.78 is 19.0. The number of carbonyl (C=O) groups is 2. The van der Waals surface area contributed by atoms with Gasteiger partial charge in [0, 0.05) is 24.0 Å². The van der Waals surface area contributed by atoms with E-state index in [-0.39, 0.29) is 35.4 Å². The highest BCUT2D eigenvalue weighted by Crippen LogP contribution is 2.26. The largest absolute Gasteiger partial charge is 0.497 e. The molecule has 0 aliphatic carbocycles. The number of hydrogen-bond acceptors (Lipinski definition) is 5. The summed E-state index contributed by atoms with van der Waals surface area (Å²) in [4.78, 5) is 42.1. The molecule has 35 heavy (non-hydrogen) atoms. The molecule has 0 unspecified atom stereocenters. The lowest BCUT2D eigenvalue weighted by molar-refractivity contribution is 0.155. The zero-order chi connectivity index (χ0) is 25.5. The smallest absolute Gasteiger partial charge is 0.330 e. The van der Waals surface area contributed by atoms with Gasteiger partial charge in [0.05, 0.1) is 30.4 Å². The van der Waals surface area contributed by atoms with Gasteiger partial charge >= 0.3 is 12.1 Å². The Morgan fingerprint density at radius 3 is 2.34 bits per heavy atom. The Morgan fingerprint density at radius 1 is 1.11 bits per heavy atom. The molecule has 0 radical (unpaired) electrons. The molecule has 0 saturated heterocycles. The van der Waals surface area contributed by atoms with Crippen molar-refractivity contribution < 1.29 is 18.7 Å². The number of aromatic amines is 1. The van der Waals surface area contributed by atoms with Crippen LogP contribution < -0.4 is 21.3 Å². The number of nitrogens with two attached hydrogens (primary N) is 1. The quantitative estimate of drug-likeness (QED) is 0.299. The zero-order valence-electron chi connectivity index (χ0n) is 18.6. The SMILES string of the molecule is COc1ccc(NCN(Cc2cc(Cl)c(F)c(Cl)c2)C(=O)N(Cc2ccc[nH]c2=O)C(N)=O)cc1. The van der Waals surface area contributed by atoms with Crippen molar-refractivity contribution in [2.75, 3.05) is 19.1 Å². The second kappa shape index (κ2) is 11.6. The minimum Gasteiger partial charge on any atom is -0.497 e. The Labute approximate surface area is 210 Å². The van der Waals surface area contributed by atoms with E-state index in [2.05, 4.69) is 10.3 Å². The highest BCUT2D eigenvalue weighted by Gasteiger charge is 2.26. The molecule has 0 aliphatic heterocycles. The van der Waals surface area contributed by atoms with E-state index < -0.39 is 23.4 Å². The number of ether oxygens (including phenoxy) is 1. The number of H-pyrrole nitrogens is 1. The fourth-order valence-corrected chi connectivity index (χ4v) is 3.70. The molecule has 184 valence electrons. The van der Waals surface area contributed by atoms with Crippen LogP contribution in [0.3, 0.4) is 0 Å². The van der Waals surface area contributed by atoms with E-state index in [1.807, 2.05) is 0 Å². The van der Waals surface area contributed by atoms with Crippen molar-refractivity contribution in [2.45, 2.75) is 13.1 Å². The van der Waals surface area contributed by atoms with Crippen molar-refractivity contribution in [3.63, 3.8) is 0 Å². The number of rotatable bonds is 8. The van der Waals surface area contributed by atoms with Gasteiger partial charge in [0.1, 0.15) is 5.75 Å². The lowest BCUT2D eigenvalue weighted by Crippen LogP contribution is -2.49. The van der Waals surface area contributed by atoms with Crippen LogP contribution in [0.5, 0.6) is 5.75 Å². The van der Waals surface area contributed by atoms with Crippen molar-refractivity contribution in [1.29, 1.82) is 0 Å². The minimum absolute atomic E-state index is 0.0767. The van der Waals surface area contributed by atoms with Gasteiger partial charge in [-0.3, -0.25) is 4.79 Å². The molecule has 0 atom stereocenters. The number of aromatic nitrogens is 1. The van der Waals surface area contributed by atoms with Crippen LogP contribution in [0.25, 0.3) is 0 Å². The van der Waals surface area contributed by atoms with Crippen molar-refractivity contribution in [3.8, 4) is 5.75 Å². The Morgan fingerprint density at radius 2 is 1.77 bits per heavy atom. The summed E-state index contributed by atoms with van der Waals surface area (Å²) >= 11 is 11.8. The highest BCUT2D eigenvalue weighted by atomic mass is 35.5. The van der Waals surface area contributed by atoms with E-state index in [0.29, 0.717) is 17.0 Å². The fraction of sp³-hybridized carbons (Fsp3) is 0.174. The third-order valence-corrected chi connectivity index (χ3v) is 5.53. The summed E-state index contributed by atoms with van der Waals surface area (Å²) in [6, 6.07) is 10.8. The molecule has 1 heterocycles. The molecule has 0 aliphatic rings. The molecule has 9 nitrogen and oxygen atoms in total. The second-order valence-electron chi connectivity index (χ2n) is 7.37. The molecule has 0 saturated carbocycles. The summed E-state index contributed by atoms with van der Waals surface area (Å²) in [7, 11) is 1.54. The molecular weight excluding hydrogens is 500 g/mol. The van der Waals surface area contributed by atoms with Gasteiger partial charge < -0.3 is 25.7 Å². The van der Waals surface area contributed by atoms with Gasteiger partial charge in [0.15, 0.2) is 5.82 Å². The number of primary amides is 1. The van der Waals surface area contributed by atoms with E-state index in [1.54, 1.807) is 30.3 Å². The summed E-state index contributed by atoms with van der Waals surface area (Å²) in [5, 5.41) is 2.64. The maximum Gasteiger partial charge on any atom is 0.330 e. The van der Waals surface area contributed by atoms with Gasteiger partial charge in [-0.05, 0) is 48.0 Å². The first kappa shape index (κ1) is 25.9. The van der Waals surface area contributed by atoms with Crippen molar-refractivity contribution >= 4 is 41.0 Å². The predicted molar refractivity (Wildman–Crippen MR) is 131 cm³/mol. The number of methoxy groups -OCH3 is 1. The zero-order valence-corrected chi connectivity index (χ0v) is 20.1. The number of anilines is 1. The van der Waals surface area contributed by atoms with Crippen LogP contribution in [0.4, 0.5) is 19.7 Å². The summed E-state index contributed by atoms with van der Waals surface area (Å²) in [5.74, 6) is -0.138. The second-order valence-corrected chi connectivity index (χ2v) is 8.18. The van der Waals surface area contributed by atoms with Crippen molar-refractivity contribution in [2.24, 2.45) is 5.73 Å². The van der Waals surface area contributed by atoms with Crippen molar-refractivity contribution in [3.05, 3.63) is 92.1 Å². The Hall–Kier alpha value is -3.76. The summed E-state index contributed by atoms with van der Waals surface area (Å²) in [6.07, 6.45) is 1.43. The number of urea groups is 2. The first-order chi connectivity index (χ1) is 16.7. The van der Waals surface area contributed by atoms with Crippen LogP contribution in [0.15, 0.2) is 59.5 Å². The number of hydrogen-bond donors (Lipinski definition) is 3. The first-order valence-electron chi connectivity index (χ1n) is 10.2. The number of amides is 4. The molecule has 2 aromatic carbocycles. The Kier molecular flexibility index (Phi) is 8.56. The fourth-order valence-electron chi connectivity index (χ4n) is 3.17. The molecule has 12 heteroatoms. The molecule has 0 spiro atoms. The topological polar surface area (TPSA) is 121 Å². The maximum atomic E-state index is 13.9. The van der Waals surface area contributed by atoms with Gasteiger partial charge in [-0.1, -0.05) is 29.3 Å². The molecule has 0 fully saturated rings. The lowest BCUT2D eigenvalue weighted by Gasteiger charge is -2.29. The number of nitrogens with one attached hydrogen (secondary N) is 2. The van der Waals surface area contributed by atoms with Crippen molar-refractivity contribution in [1.82, 2.24) is 14.8 Å². The minimum atomic E-state index is -1.05. The number of benzene rings is 2. The molecule has 4 amide bonds. The van der Waals surface area contributed by atoms with Crippen LogP contribution in [-0.2, 0) is 13.1 Å². The van der Waals surface area contributed by atoms with E-state index >= 15 is 0 Å². The normalized spacial score (nSPS) is 10.5. The van der Waals surface area contributed by atoms with Crippen LogP contribution in [0, 0.1) is 5.82 Å². The van der Waals surface area contributed by atoms with Gasteiger partial charge in [-0.2, -0.15) is 0 Å². The monoisotopic (exact) mass is 521 g/mol. The average Bonchev–Trinajstić information content (AvgIpc) is 2.84. The number of imide groups is 1. The number of pyridine rings is 1. The number of nitrogens with zero attached hydrogens (tertiary/aromatic N) is 2. The number of halogens is 3. The van der Waals surface area contributed by atoms with Gasteiger partial charge in [0.25, 0.3) is 5.56 Å². The van der Waals surface area contributed by atoms with Crippen LogP contribution >= 0.6 is 23.2 Å². The Bertz CT molecular complexity index is 1250. The van der Waals surface area contributed by atoms with Gasteiger partial charge in [-0.25, -0.2) is 18.9 Å². The molecule has 1 aromatic heterocycles. The van der Waals surface area contributed by atoms with E-state index in [4.69, 9.17) is 33.7 Å².